The SMILES string of the molecule is N#Cc1cc2c(c3c1C1c4ccccc4C3c3ccccc31)c1cc3c(c4c5cc6c(cc5n2c14)C(=O)C1c2ccccc2C6c2ccccc21)-c1ccccc1C31c2ccccc2-c2ccccc21. The molecule has 8 aliphatic carbocycles. The number of rotatable bonds is 0. The fourth-order valence-corrected chi connectivity index (χ4v) is 15.8. The molecule has 320 valence electrons. The first kappa shape index (κ1) is 36.2. The van der Waals surface area contributed by atoms with Crippen LogP contribution < -0.4 is 0 Å². The molecule has 0 aliphatic heterocycles. The van der Waals surface area contributed by atoms with E-state index in [4.69, 9.17) is 0 Å². The van der Waals surface area contributed by atoms with Crippen LogP contribution in [0, 0.1) is 11.3 Å². The third-order valence-corrected chi connectivity index (χ3v) is 18.1. The average molecular weight is 885 g/mol. The topological polar surface area (TPSA) is 45.3 Å². The highest BCUT2D eigenvalue weighted by Crippen LogP contribution is 2.67. The molecule has 8 aliphatic rings. The molecule has 10 aromatic carbocycles. The van der Waals surface area contributed by atoms with Crippen LogP contribution in [0.25, 0.3) is 60.3 Å². The molecule has 2 heterocycles. The van der Waals surface area contributed by atoms with E-state index in [1.165, 1.54) is 99.6 Å². The van der Waals surface area contributed by atoms with E-state index in [1.54, 1.807) is 0 Å². The maximum atomic E-state index is 15.7. The standard InChI is InChI=1S/C67H36N2O/c68-33-34-29-55-62(64-56(34)58-39-19-3-5-21-41(39)59(64)42-22-6-4-20-40(42)58)49-31-53-61(45-25-11-14-28-52(45)67(53)50-26-12-9-15-35(50)36-16-10-13-27-51(36)67)63-48-30-46-47(32-54(48)69(55)65(49)63)66(70)60-43-23-7-1-17-37(43)57(46)38-18-2-8-24-44(38)60/h1-32,57-60H. The first-order valence-corrected chi connectivity index (χ1v) is 24.7. The smallest absolute Gasteiger partial charge is 0.175 e. The second kappa shape index (κ2) is 12.1. The number of nitrogens with zero attached hydrogens (tertiary/aromatic N) is 2. The molecule has 2 aromatic heterocycles. The van der Waals surface area contributed by atoms with E-state index in [9.17, 15) is 5.26 Å². The van der Waals surface area contributed by atoms with Gasteiger partial charge in [0.25, 0.3) is 0 Å². The van der Waals surface area contributed by atoms with Gasteiger partial charge in [-0.05, 0) is 130 Å². The van der Waals surface area contributed by atoms with Crippen molar-refractivity contribution < 1.29 is 4.79 Å². The van der Waals surface area contributed by atoms with Crippen LogP contribution in [0.15, 0.2) is 194 Å². The zero-order valence-corrected chi connectivity index (χ0v) is 37.6. The maximum Gasteiger partial charge on any atom is 0.175 e. The Morgan fingerprint density at radius 2 is 0.871 bits per heavy atom. The Morgan fingerprint density at radius 3 is 1.43 bits per heavy atom. The van der Waals surface area contributed by atoms with Crippen LogP contribution in [0.3, 0.4) is 0 Å². The highest BCUT2D eigenvalue weighted by molar-refractivity contribution is 6.30. The summed E-state index contributed by atoms with van der Waals surface area (Å²) < 4.78 is 2.47. The van der Waals surface area contributed by atoms with Crippen LogP contribution in [0.5, 0.6) is 0 Å². The van der Waals surface area contributed by atoms with Crippen LogP contribution >= 0.6 is 0 Å². The summed E-state index contributed by atoms with van der Waals surface area (Å²) >= 11 is 0. The van der Waals surface area contributed by atoms with E-state index in [1.807, 2.05) is 0 Å². The molecule has 3 nitrogen and oxygen atoms in total. The Labute approximate surface area is 402 Å². The molecular weight excluding hydrogens is 849 g/mol. The van der Waals surface area contributed by atoms with Gasteiger partial charge >= 0.3 is 0 Å². The van der Waals surface area contributed by atoms with Crippen molar-refractivity contribution in [1.29, 1.82) is 5.26 Å². The minimum Gasteiger partial charge on any atom is -0.308 e. The summed E-state index contributed by atoms with van der Waals surface area (Å²) in [6.45, 7) is 0. The Bertz CT molecular complexity index is 4420. The summed E-state index contributed by atoms with van der Waals surface area (Å²) in [5.41, 5.74) is 27.8. The van der Waals surface area contributed by atoms with Crippen LogP contribution in [-0.2, 0) is 5.41 Å². The molecule has 1 spiro atoms. The van der Waals surface area contributed by atoms with Gasteiger partial charge < -0.3 is 4.40 Å². The van der Waals surface area contributed by atoms with E-state index in [0.717, 1.165) is 55.3 Å². The van der Waals surface area contributed by atoms with Gasteiger partial charge in [0.15, 0.2) is 5.78 Å². The van der Waals surface area contributed by atoms with Crippen LogP contribution in [-0.4, -0.2) is 10.2 Å². The number of nitriles is 1. The number of Topliss-reactive ketones (excluding diaryl/α,β-unsaturated/α-hetero) is 1. The Hall–Kier alpha value is -8.84. The van der Waals surface area contributed by atoms with Crippen LogP contribution in [0.4, 0.5) is 0 Å². The van der Waals surface area contributed by atoms with Crippen LogP contribution in [0.2, 0.25) is 0 Å². The average Bonchev–Trinajstić information content (AvgIpc) is 4.09. The van der Waals surface area contributed by atoms with Crippen molar-refractivity contribution in [3.8, 4) is 28.3 Å². The quantitative estimate of drug-likeness (QED) is 0.152. The van der Waals surface area contributed by atoms with Gasteiger partial charge in [-0.1, -0.05) is 170 Å². The van der Waals surface area contributed by atoms with E-state index >= 15 is 4.79 Å². The van der Waals surface area contributed by atoms with Gasteiger partial charge in [-0.3, -0.25) is 4.79 Å². The summed E-state index contributed by atoms with van der Waals surface area (Å²) in [6.07, 6.45) is 0. The molecule has 70 heavy (non-hydrogen) atoms. The molecule has 0 amide bonds. The molecule has 0 atom stereocenters. The minimum absolute atomic E-state index is 0.0572. The van der Waals surface area contributed by atoms with Crippen molar-refractivity contribution in [1.82, 2.24) is 4.40 Å². The Kier molecular flexibility index (Phi) is 6.24. The lowest BCUT2D eigenvalue weighted by Gasteiger charge is -2.43. The molecule has 4 bridgehead atoms. The van der Waals surface area contributed by atoms with Gasteiger partial charge in [0.2, 0.25) is 0 Å². The van der Waals surface area contributed by atoms with Crippen molar-refractivity contribution in [3.63, 3.8) is 0 Å². The van der Waals surface area contributed by atoms with Gasteiger partial charge in [-0.2, -0.15) is 5.26 Å². The summed E-state index contributed by atoms with van der Waals surface area (Å²) in [7, 11) is 0. The Morgan fingerprint density at radius 1 is 0.400 bits per heavy atom. The number of ketones is 1. The number of hydrogen-bond donors (Lipinski definition) is 0. The van der Waals surface area contributed by atoms with Gasteiger partial charge in [0.1, 0.15) is 0 Å². The number of benzene rings is 10. The number of fused-ring (bicyclic) bond motifs is 17. The summed E-state index contributed by atoms with van der Waals surface area (Å²) in [5, 5.41) is 16.2. The summed E-state index contributed by atoms with van der Waals surface area (Å²) in [6, 6.07) is 74.8. The molecule has 3 heteroatoms. The molecule has 12 aromatic rings. The van der Waals surface area contributed by atoms with Crippen molar-refractivity contribution in [2.45, 2.75) is 29.1 Å². The van der Waals surface area contributed by atoms with Crippen molar-refractivity contribution in [2.75, 3.05) is 0 Å². The summed E-state index contributed by atoms with van der Waals surface area (Å²) in [4.78, 5) is 15.7. The van der Waals surface area contributed by atoms with Crippen molar-refractivity contribution in [2.24, 2.45) is 0 Å². The monoisotopic (exact) mass is 884 g/mol. The number of aromatic nitrogens is 1. The van der Waals surface area contributed by atoms with Gasteiger partial charge in [-0.25, -0.2) is 0 Å². The van der Waals surface area contributed by atoms with Gasteiger partial charge in [-0.15, -0.1) is 0 Å². The van der Waals surface area contributed by atoms with Crippen molar-refractivity contribution >= 4 is 43.9 Å². The highest BCUT2D eigenvalue weighted by atomic mass is 16.1. The third-order valence-electron chi connectivity index (χ3n) is 18.1. The van der Waals surface area contributed by atoms with Crippen molar-refractivity contribution in [3.05, 3.63) is 289 Å². The predicted octanol–water partition coefficient (Wildman–Crippen LogP) is 14.9. The van der Waals surface area contributed by atoms with E-state index < -0.39 is 5.41 Å². The zero-order valence-electron chi connectivity index (χ0n) is 37.6. The van der Waals surface area contributed by atoms with E-state index in [-0.39, 0.29) is 29.5 Å². The van der Waals surface area contributed by atoms with E-state index in [0.29, 0.717) is 0 Å². The van der Waals surface area contributed by atoms with Gasteiger partial charge in [0, 0.05) is 44.9 Å². The molecule has 0 saturated carbocycles. The van der Waals surface area contributed by atoms with Gasteiger partial charge in [0.05, 0.1) is 39.5 Å². The molecule has 20 rings (SSSR count). The largest absolute Gasteiger partial charge is 0.308 e. The second-order valence-electron chi connectivity index (χ2n) is 20.6. The fourth-order valence-electron chi connectivity index (χ4n) is 15.8. The number of carbonyl (C=O) groups excluding carboxylic acids is 1. The third kappa shape index (κ3) is 3.78. The zero-order chi connectivity index (χ0) is 45.5. The molecule has 0 saturated heterocycles. The van der Waals surface area contributed by atoms with E-state index in [2.05, 4.69) is 205 Å². The molecule has 0 unspecified atom stereocenters. The molecular formula is C67H36N2O. The molecule has 0 N–H and O–H groups in total. The number of hydrogen-bond acceptors (Lipinski definition) is 2. The first-order chi connectivity index (χ1) is 34.7. The minimum atomic E-state index is -0.579. The van der Waals surface area contributed by atoms with Crippen LogP contribution in [0.1, 0.15) is 123 Å². The Balaban J connectivity index is 1.08. The lowest BCUT2D eigenvalue weighted by Crippen LogP contribution is -2.28. The fraction of sp³-hybridized carbons (Fsp3) is 0.0746. The second-order valence-corrected chi connectivity index (χ2v) is 20.6. The lowest BCUT2D eigenvalue weighted by atomic mass is 9.59. The first-order valence-electron chi connectivity index (χ1n) is 24.7. The molecule has 0 fully saturated rings. The predicted molar refractivity (Wildman–Crippen MR) is 277 cm³/mol. The molecule has 0 radical (unpaired) electrons. The lowest BCUT2D eigenvalue weighted by molar-refractivity contribution is 0.0974. The normalized spacial score (nSPS) is 19.3. The number of carbonyl (C=O) groups is 1. The maximum absolute atomic E-state index is 15.7. The summed E-state index contributed by atoms with van der Waals surface area (Å²) in [5.74, 6) is -0.460. The highest BCUT2D eigenvalue weighted by Gasteiger charge is 2.53.